The second-order valence-electron chi connectivity index (χ2n) is 3.67. The molecule has 0 heterocycles. The number of ether oxygens (including phenoxy) is 2. The lowest BCUT2D eigenvalue weighted by Crippen LogP contribution is -2.41. The summed E-state index contributed by atoms with van der Waals surface area (Å²) in [6.07, 6.45) is 0.359. The Morgan fingerprint density at radius 1 is 1.24 bits per heavy atom. The molecule has 1 atom stereocenters. The zero-order valence-corrected chi connectivity index (χ0v) is 11.7. The van der Waals surface area contributed by atoms with Crippen LogP contribution in [0.15, 0.2) is 18.2 Å². The lowest BCUT2D eigenvalue weighted by atomic mass is 10.1. The number of likely N-dealkylation sites (N-methyl/N-ethyl adjacent to an activating group) is 1. The number of nitrogens with one attached hydrogen (secondary N) is 1. The van der Waals surface area contributed by atoms with E-state index in [1.54, 1.807) is 26.4 Å². The molecule has 0 spiro atoms. The molecule has 1 aromatic carbocycles. The highest BCUT2D eigenvalue weighted by Gasteiger charge is 2.20. The zero-order chi connectivity index (χ0) is 12.8. The molecule has 0 aromatic heterocycles. The molecule has 1 unspecified atom stereocenters. The van der Waals surface area contributed by atoms with Gasteiger partial charge in [0.1, 0.15) is 0 Å². The highest BCUT2D eigenvalue weighted by molar-refractivity contribution is 6.33. The summed E-state index contributed by atoms with van der Waals surface area (Å²) in [6, 6.07) is 5.43. The second-order valence-corrected chi connectivity index (χ2v) is 4.52. The van der Waals surface area contributed by atoms with Crippen molar-refractivity contribution in [2.75, 3.05) is 21.3 Å². The highest BCUT2D eigenvalue weighted by atomic mass is 35.5. The molecule has 0 bridgehead atoms. The first-order valence-electron chi connectivity index (χ1n) is 5.29. The van der Waals surface area contributed by atoms with Crippen molar-refractivity contribution in [3.63, 3.8) is 0 Å². The van der Waals surface area contributed by atoms with Crippen LogP contribution in [-0.2, 0) is 15.9 Å². The minimum Gasteiger partial charge on any atom is -0.354 e. The van der Waals surface area contributed by atoms with Crippen LogP contribution in [0.3, 0.4) is 0 Å². The van der Waals surface area contributed by atoms with Crippen LogP contribution in [0.2, 0.25) is 10.0 Å². The van der Waals surface area contributed by atoms with E-state index >= 15 is 0 Å². The predicted octanol–water partition coefficient (Wildman–Crippen LogP) is 2.74. The fourth-order valence-corrected chi connectivity index (χ4v) is 2.09. The Balaban J connectivity index is 2.83. The molecular weight excluding hydrogens is 261 g/mol. The molecule has 96 valence electrons. The number of halogens is 2. The van der Waals surface area contributed by atoms with Crippen molar-refractivity contribution in [2.24, 2.45) is 0 Å². The van der Waals surface area contributed by atoms with Crippen molar-refractivity contribution in [2.45, 2.75) is 18.8 Å². The number of benzene rings is 1. The van der Waals surface area contributed by atoms with E-state index in [0.717, 1.165) is 5.56 Å². The van der Waals surface area contributed by atoms with Gasteiger partial charge in [-0.2, -0.15) is 0 Å². The Hall–Kier alpha value is -0.320. The quantitative estimate of drug-likeness (QED) is 0.812. The molecule has 17 heavy (non-hydrogen) atoms. The molecule has 0 saturated heterocycles. The van der Waals surface area contributed by atoms with Gasteiger partial charge in [-0.1, -0.05) is 23.2 Å². The van der Waals surface area contributed by atoms with E-state index in [2.05, 4.69) is 5.32 Å². The van der Waals surface area contributed by atoms with Gasteiger partial charge in [-0.3, -0.25) is 0 Å². The average molecular weight is 278 g/mol. The van der Waals surface area contributed by atoms with Crippen molar-refractivity contribution in [3.8, 4) is 0 Å². The molecule has 1 N–H and O–H groups in total. The van der Waals surface area contributed by atoms with E-state index in [-0.39, 0.29) is 12.3 Å². The predicted molar refractivity (Wildman–Crippen MR) is 70.8 cm³/mol. The van der Waals surface area contributed by atoms with Crippen molar-refractivity contribution in [1.82, 2.24) is 5.32 Å². The molecule has 0 amide bonds. The number of hydrogen-bond donors (Lipinski definition) is 1. The minimum absolute atomic E-state index is 0.0148. The van der Waals surface area contributed by atoms with Gasteiger partial charge in [0.25, 0.3) is 0 Å². The summed E-state index contributed by atoms with van der Waals surface area (Å²) in [4.78, 5) is 0. The Morgan fingerprint density at radius 2 is 1.88 bits per heavy atom. The SMILES string of the molecule is CNC(Cc1cc(Cl)ccc1Cl)C(OC)OC. The van der Waals surface area contributed by atoms with Crippen molar-refractivity contribution in [3.05, 3.63) is 33.8 Å². The van der Waals surface area contributed by atoms with Crippen LogP contribution in [0.4, 0.5) is 0 Å². The molecule has 5 heteroatoms. The maximum absolute atomic E-state index is 6.12. The number of hydrogen-bond acceptors (Lipinski definition) is 3. The molecule has 0 fully saturated rings. The molecular formula is C12H17Cl2NO2. The van der Waals surface area contributed by atoms with Gasteiger partial charge in [0.2, 0.25) is 0 Å². The molecule has 1 aromatic rings. The standard InChI is InChI=1S/C12H17Cl2NO2/c1-15-11(12(16-2)17-3)7-8-6-9(13)4-5-10(8)14/h4-6,11-12,15H,7H2,1-3H3. The molecule has 0 aliphatic heterocycles. The first kappa shape index (κ1) is 14.7. The van der Waals surface area contributed by atoms with E-state index in [4.69, 9.17) is 32.7 Å². The maximum Gasteiger partial charge on any atom is 0.172 e. The summed E-state index contributed by atoms with van der Waals surface area (Å²) in [5, 5.41) is 4.51. The molecule has 1 rings (SSSR count). The topological polar surface area (TPSA) is 30.5 Å². The largest absolute Gasteiger partial charge is 0.354 e. The lowest BCUT2D eigenvalue weighted by molar-refractivity contribution is -0.121. The third kappa shape index (κ3) is 4.12. The van der Waals surface area contributed by atoms with Crippen molar-refractivity contribution < 1.29 is 9.47 Å². The minimum atomic E-state index is -0.324. The first-order chi connectivity index (χ1) is 8.12. The number of methoxy groups -OCH3 is 2. The van der Waals surface area contributed by atoms with Crippen LogP contribution in [-0.4, -0.2) is 33.6 Å². The normalized spacial score (nSPS) is 13.1. The second kappa shape index (κ2) is 7.19. The Bertz CT molecular complexity index is 356. The van der Waals surface area contributed by atoms with Gasteiger partial charge in [-0.25, -0.2) is 0 Å². The summed E-state index contributed by atoms with van der Waals surface area (Å²) in [7, 11) is 5.07. The van der Waals surface area contributed by atoms with Gasteiger partial charge >= 0.3 is 0 Å². The van der Waals surface area contributed by atoms with Crippen molar-refractivity contribution >= 4 is 23.2 Å². The van der Waals surface area contributed by atoms with E-state index in [1.807, 2.05) is 13.1 Å². The van der Waals surface area contributed by atoms with E-state index in [1.165, 1.54) is 0 Å². The highest BCUT2D eigenvalue weighted by Crippen LogP contribution is 2.22. The monoisotopic (exact) mass is 277 g/mol. The summed E-state index contributed by atoms with van der Waals surface area (Å²) in [6.45, 7) is 0. The molecule has 0 aliphatic carbocycles. The third-order valence-corrected chi connectivity index (χ3v) is 3.22. The summed E-state index contributed by atoms with van der Waals surface area (Å²) in [5.41, 5.74) is 0.970. The summed E-state index contributed by atoms with van der Waals surface area (Å²) < 4.78 is 10.5. The Morgan fingerprint density at radius 3 is 2.41 bits per heavy atom. The van der Waals surface area contributed by atoms with Gasteiger partial charge in [0.05, 0.1) is 6.04 Å². The molecule has 0 radical (unpaired) electrons. The van der Waals surface area contributed by atoms with E-state index < -0.39 is 0 Å². The van der Waals surface area contributed by atoms with Gasteiger partial charge in [-0.15, -0.1) is 0 Å². The molecule has 0 saturated carbocycles. The summed E-state index contributed by atoms with van der Waals surface area (Å²) in [5.74, 6) is 0. The van der Waals surface area contributed by atoms with Crippen LogP contribution in [0.1, 0.15) is 5.56 Å². The zero-order valence-electron chi connectivity index (χ0n) is 10.2. The van der Waals surface area contributed by atoms with E-state index in [9.17, 15) is 0 Å². The van der Waals surface area contributed by atoms with Gasteiger partial charge in [0, 0.05) is 24.3 Å². The van der Waals surface area contributed by atoms with Gasteiger partial charge < -0.3 is 14.8 Å². The van der Waals surface area contributed by atoms with Crippen LogP contribution >= 0.6 is 23.2 Å². The van der Waals surface area contributed by atoms with Crippen molar-refractivity contribution in [1.29, 1.82) is 0 Å². The average Bonchev–Trinajstić information content (AvgIpc) is 2.33. The fraction of sp³-hybridized carbons (Fsp3) is 0.500. The maximum atomic E-state index is 6.12. The molecule has 3 nitrogen and oxygen atoms in total. The van der Waals surface area contributed by atoms with Crippen LogP contribution in [0.5, 0.6) is 0 Å². The Kier molecular flexibility index (Phi) is 6.23. The Labute approximate surface area is 112 Å². The smallest absolute Gasteiger partial charge is 0.172 e. The van der Waals surface area contributed by atoms with Crippen LogP contribution in [0.25, 0.3) is 0 Å². The number of rotatable bonds is 6. The third-order valence-electron chi connectivity index (χ3n) is 2.61. The lowest BCUT2D eigenvalue weighted by Gasteiger charge is -2.24. The van der Waals surface area contributed by atoms with Crippen LogP contribution < -0.4 is 5.32 Å². The van der Waals surface area contributed by atoms with Gasteiger partial charge in [0.15, 0.2) is 6.29 Å². The molecule has 0 aliphatic rings. The van der Waals surface area contributed by atoms with E-state index in [0.29, 0.717) is 16.5 Å². The first-order valence-corrected chi connectivity index (χ1v) is 6.04. The fourth-order valence-electron chi connectivity index (χ4n) is 1.70. The van der Waals surface area contributed by atoms with Crippen LogP contribution in [0, 0.1) is 0 Å². The van der Waals surface area contributed by atoms with Gasteiger partial charge in [-0.05, 0) is 37.2 Å². The summed E-state index contributed by atoms with van der Waals surface area (Å²) >= 11 is 12.1.